The second-order valence-electron chi connectivity index (χ2n) is 2.45. The molecule has 0 bridgehead atoms. The summed E-state index contributed by atoms with van der Waals surface area (Å²) in [4.78, 5) is 2.13. The van der Waals surface area contributed by atoms with Crippen molar-refractivity contribution in [2.24, 2.45) is 0 Å². The van der Waals surface area contributed by atoms with Crippen LogP contribution in [0.3, 0.4) is 0 Å². The Hall–Kier alpha value is -0.690. The monoisotopic (exact) mass is 169 g/mol. The number of benzene rings is 1. The predicted octanol–water partition coefficient (Wildman–Crippen LogP) is 2.36. The maximum absolute atomic E-state index is 5.60. The SMILES string of the molecule is CN(CCCl)c1ccccc1. The van der Waals surface area contributed by atoms with Crippen LogP contribution in [0, 0.1) is 0 Å². The molecule has 1 aromatic carbocycles. The van der Waals surface area contributed by atoms with Crippen LogP contribution in [-0.2, 0) is 0 Å². The molecule has 1 nitrogen and oxygen atoms in total. The molecule has 0 aliphatic carbocycles. The number of halogens is 1. The number of hydrogen-bond acceptors (Lipinski definition) is 1. The van der Waals surface area contributed by atoms with E-state index in [1.165, 1.54) is 5.69 Å². The lowest BCUT2D eigenvalue weighted by Crippen LogP contribution is -2.19. The van der Waals surface area contributed by atoms with Crippen molar-refractivity contribution >= 4 is 17.3 Å². The van der Waals surface area contributed by atoms with Crippen LogP contribution in [0.15, 0.2) is 30.3 Å². The summed E-state index contributed by atoms with van der Waals surface area (Å²) in [7, 11) is 2.04. The quantitative estimate of drug-likeness (QED) is 0.628. The minimum atomic E-state index is 0.672. The summed E-state index contributed by atoms with van der Waals surface area (Å²) in [5.74, 6) is 0.672. The second-order valence-corrected chi connectivity index (χ2v) is 2.82. The van der Waals surface area contributed by atoms with E-state index >= 15 is 0 Å². The second kappa shape index (κ2) is 4.24. The first-order chi connectivity index (χ1) is 5.34. The molecule has 0 heterocycles. The van der Waals surface area contributed by atoms with Crippen molar-refractivity contribution in [1.29, 1.82) is 0 Å². The van der Waals surface area contributed by atoms with Crippen molar-refractivity contribution in [3.63, 3.8) is 0 Å². The molecule has 0 N–H and O–H groups in total. The molecule has 1 aromatic rings. The van der Waals surface area contributed by atoms with Crippen molar-refractivity contribution < 1.29 is 0 Å². The molecule has 0 saturated carbocycles. The Morgan fingerprint density at radius 2 is 1.91 bits per heavy atom. The third-order valence-electron chi connectivity index (χ3n) is 1.62. The molecule has 0 atom stereocenters. The number of nitrogens with zero attached hydrogens (tertiary/aromatic N) is 1. The van der Waals surface area contributed by atoms with Crippen molar-refractivity contribution in [2.45, 2.75) is 0 Å². The average Bonchev–Trinajstić information content (AvgIpc) is 2.07. The lowest BCUT2D eigenvalue weighted by atomic mass is 10.3. The third kappa shape index (κ3) is 2.43. The van der Waals surface area contributed by atoms with Crippen molar-refractivity contribution in [2.75, 3.05) is 24.4 Å². The summed E-state index contributed by atoms with van der Waals surface area (Å²) in [6.45, 7) is 0.894. The van der Waals surface area contributed by atoms with Gasteiger partial charge in [0, 0.05) is 25.2 Å². The number of rotatable bonds is 3. The van der Waals surface area contributed by atoms with Gasteiger partial charge in [-0.05, 0) is 12.1 Å². The summed E-state index contributed by atoms with van der Waals surface area (Å²) in [5.41, 5.74) is 1.22. The van der Waals surface area contributed by atoms with Crippen LogP contribution in [0.5, 0.6) is 0 Å². The molecule has 60 valence electrons. The Morgan fingerprint density at radius 1 is 1.27 bits per heavy atom. The summed E-state index contributed by atoms with van der Waals surface area (Å²) in [6.07, 6.45) is 0. The molecular weight excluding hydrogens is 158 g/mol. The Morgan fingerprint density at radius 3 is 2.45 bits per heavy atom. The molecule has 0 amide bonds. The Balaban J connectivity index is 2.61. The molecule has 0 unspecified atom stereocenters. The fourth-order valence-electron chi connectivity index (χ4n) is 0.938. The van der Waals surface area contributed by atoms with Crippen LogP contribution in [0.4, 0.5) is 5.69 Å². The highest BCUT2D eigenvalue weighted by Crippen LogP contribution is 2.09. The van der Waals surface area contributed by atoms with Gasteiger partial charge in [0.05, 0.1) is 0 Å². The smallest absolute Gasteiger partial charge is 0.0399 e. The maximum atomic E-state index is 5.60. The van der Waals surface area contributed by atoms with Gasteiger partial charge in [-0.2, -0.15) is 0 Å². The Bertz CT molecular complexity index is 198. The minimum Gasteiger partial charge on any atom is -0.373 e. The zero-order valence-electron chi connectivity index (χ0n) is 6.63. The summed E-state index contributed by atoms with van der Waals surface area (Å²) in [6, 6.07) is 10.2. The van der Waals surface area contributed by atoms with Gasteiger partial charge in [-0.15, -0.1) is 11.6 Å². The lowest BCUT2D eigenvalue weighted by Gasteiger charge is -2.16. The van der Waals surface area contributed by atoms with Gasteiger partial charge in [-0.25, -0.2) is 0 Å². The van der Waals surface area contributed by atoms with Crippen LogP contribution in [0.1, 0.15) is 0 Å². The zero-order valence-corrected chi connectivity index (χ0v) is 7.38. The fraction of sp³-hybridized carbons (Fsp3) is 0.333. The first kappa shape index (κ1) is 8.41. The van der Waals surface area contributed by atoms with E-state index < -0.39 is 0 Å². The van der Waals surface area contributed by atoms with E-state index in [4.69, 9.17) is 11.6 Å². The van der Waals surface area contributed by atoms with Crippen LogP contribution in [0.2, 0.25) is 0 Å². The highest BCUT2D eigenvalue weighted by Gasteiger charge is 1.95. The highest BCUT2D eigenvalue weighted by molar-refractivity contribution is 6.18. The normalized spacial score (nSPS) is 9.64. The van der Waals surface area contributed by atoms with Crippen LogP contribution in [-0.4, -0.2) is 19.5 Å². The molecule has 0 aliphatic rings. The molecule has 0 aromatic heterocycles. The van der Waals surface area contributed by atoms with Crippen LogP contribution >= 0.6 is 11.6 Å². The standard InChI is InChI=1S/C9H12ClN/c1-11(8-7-10)9-5-3-2-4-6-9/h2-6H,7-8H2,1H3. The number of para-hydroxylation sites is 1. The molecule has 0 aliphatic heterocycles. The fourth-order valence-corrected chi connectivity index (χ4v) is 1.19. The zero-order chi connectivity index (χ0) is 8.10. The van der Waals surface area contributed by atoms with Gasteiger partial charge in [-0.1, -0.05) is 18.2 Å². The van der Waals surface area contributed by atoms with Gasteiger partial charge in [0.1, 0.15) is 0 Å². The van der Waals surface area contributed by atoms with Crippen molar-refractivity contribution in [3.8, 4) is 0 Å². The summed E-state index contributed by atoms with van der Waals surface area (Å²) >= 11 is 5.60. The highest BCUT2D eigenvalue weighted by atomic mass is 35.5. The Labute approximate surface area is 72.6 Å². The average molecular weight is 170 g/mol. The molecule has 2 heteroatoms. The molecule has 0 saturated heterocycles. The molecule has 0 radical (unpaired) electrons. The number of alkyl halides is 1. The van der Waals surface area contributed by atoms with Crippen LogP contribution in [0.25, 0.3) is 0 Å². The predicted molar refractivity (Wildman–Crippen MR) is 50.4 cm³/mol. The van der Waals surface area contributed by atoms with Gasteiger partial charge in [0.25, 0.3) is 0 Å². The first-order valence-corrected chi connectivity index (χ1v) is 4.20. The molecular formula is C9H12ClN. The van der Waals surface area contributed by atoms with Gasteiger partial charge >= 0.3 is 0 Å². The largest absolute Gasteiger partial charge is 0.373 e. The van der Waals surface area contributed by atoms with E-state index in [0.717, 1.165) is 6.54 Å². The van der Waals surface area contributed by atoms with Gasteiger partial charge in [0.15, 0.2) is 0 Å². The number of anilines is 1. The van der Waals surface area contributed by atoms with Gasteiger partial charge in [-0.3, -0.25) is 0 Å². The number of hydrogen-bond donors (Lipinski definition) is 0. The van der Waals surface area contributed by atoms with E-state index in [2.05, 4.69) is 17.0 Å². The minimum absolute atomic E-state index is 0.672. The van der Waals surface area contributed by atoms with E-state index in [-0.39, 0.29) is 0 Å². The van der Waals surface area contributed by atoms with E-state index in [1.807, 2.05) is 25.2 Å². The summed E-state index contributed by atoms with van der Waals surface area (Å²) < 4.78 is 0. The topological polar surface area (TPSA) is 3.24 Å². The third-order valence-corrected chi connectivity index (χ3v) is 1.79. The molecule has 0 fully saturated rings. The summed E-state index contributed by atoms with van der Waals surface area (Å²) in [5, 5.41) is 0. The van der Waals surface area contributed by atoms with Crippen molar-refractivity contribution in [3.05, 3.63) is 30.3 Å². The molecule has 0 spiro atoms. The van der Waals surface area contributed by atoms with E-state index in [9.17, 15) is 0 Å². The molecule has 11 heavy (non-hydrogen) atoms. The maximum Gasteiger partial charge on any atom is 0.0399 e. The van der Waals surface area contributed by atoms with E-state index in [0.29, 0.717) is 5.88 Å². The van der Waals surface area contributed by atoms with Crippen LogP contribution < -0.4 is 4.90 Å². The Kier molecular flexibility index (Phi) is 3.24. The van der Waals surface area contributed by atoms with Gasteiger partial charge < -0.3 is 4.90 Å². The first-order valence-electron chi connectivity index (χ1n) is 3.66. The molecule has 1 rings (SSSR count). The van der Waals surface area contributed by atoms with Gasteiger partial charge in [0.2, 0.25) is 0 Å². The van der Waals surface area contributed by atoms with E-state index in [1.54, 1.807) is 0 Å². The van der Waals surface area contributed by atoms with Crippen molar-refractivity contribution in [1.82, 2.24) is 0 Å². The lowest BCUT2D eigenvalue weighted by molar-refractivity contribution is 0.974.